The van der Waals surface area contributed by atoms with Crippen LogP contribution in [0.15, 0.2) is 23.4 Å². The van der Waals surface area contributed by atoms with Crippen molar-refractivity contribution in [1.82, 2.24) is 25.1 Å². The molecule has 0 aromatic carbocycles. The Morgan fingerprint density at radius 2 is 2.00 bits per heavy atom. The van der Waals surface area contributed by atoms with Gasteiger partial charge in [0.2, 0.25) is 5.91 Å². The van der Waals surface area contributed by atoms with Crippen LogP contribution in [0.2, 0.25) is 0 Å². The molecule has 0 radical (unpaired) electrons. The second kappa shape index (κ2) is 8.00. The summed E-state index contributed by atoms with van der Waals surface area (Å²) >= 11 is 2.81. The Kier molecular flexibility index (Phi) is 5.85. The summed E-state index contributed by atoms with van der Waals surface area (Å²) in [5, 5.41) is 8.74. The number of thiophene rings is 1. The van der Waals surface area contributed by atoms with Gasteiger partial charge in [0.25, 0.3) is 0 Å². The summed E-state index contributed by atoms with van der Waals surface area (Å²) in [5.74, 6) is 0.967. The summed E-state index contributed by atoms with van der Waals surface area (Å²) in [6, 6.07) is 3.71. The summed E-state index contributed by atoms with van der Waals surface area (Å²) < 4.78 is 1.70. The van der Waals surface area contributed by atoms with Crippen molar-refractivity contribution >= 4 is 45.8 Å². The van der Waals surface area contributed by atoms with Gasteiger partial charge >= 0.3 is 0 Å². The lowest BCUT2D eigenvalue weighted by Gasteiger charge is -2.17. The Labute approximate surface area is 172 Å². The fourth-order valence-electron chi connectivity index (χ4n) is 2.47. The second-order valence-corrected chi connectivity index (χ2v) is 9.62. The first-order chi connectivity index (χ1) is 13.1. The third-order valence-electron chi connectivity index (χ3n) is 4.05. The number of ketones is 1. The van der Waals surface area contributed by atoms with Crippen LogP contribution in [0.25, 0.3) is 11.0 Å². The molecule has 1 amide bonds. The Bertz CT molecular complexity index is 1030. The maximum Gasteiger partial charge on any atom is 0.225 e. The number of aromatic nitrogens is 4. The van der Waals surface area contributed by atoms with Gasteiger partial charge in [-0.25, -0.2) is 9.97 Å². The number of aryl methyl sites for hydroxylation is 2. The number of thioether (sulfide) groups is 1. The molecule has 0 fully saturated rings. The largest absolute Gasteiger partial charge is 0.351 e. The lowest BCUT2D eigenvalue weighted by Crippen LogP contribution is -2.34. The van der Waals surface area contributed by atoms with Gasteiger partial charge in [0.05, 0.1) is 28.8 Å². The maximum absolute atomic E-state index is 12.6. The van der Waals surface area contributed by atoms with E-state index in [2.05, 4.69) is 20.4 Å². The van der Waals surface area contributed by atoms with Crippen molar-refractivity contribution < 1.29 is 9.59 Å². The number of rotatable bonds is 6. The molecule has 7 nitrogen and oxygen atoms in total. The number of fused-ring (bicyclic) bond motifs is 1. The topological polar surface area (TPSA) is 89.8 Å². The lowest BCUT2D eigenvalue weighted by atomic mass is 9.96. The van der Waals surface area contributed by atoms with Crippen molar-refractivity contribution in [3.05, 3.63) is 33.9 Å². The van der Waals surface area contributed by atoms with Gasteiger partial charge in [-0.15, -0.1) is 11.3 Å². The summed E-state index contributed by atoms with van der Waals surface area (Å²) in [6.45, 7) is 7.88. The third-order valence-corrected chi connectivity index (χ3v) is 6.17. The molecule has 0 bridgehead atoms. The van der Waals surface area contributed by atoms with Crippen LogP contribution in [0.4, 0.5) is 0 Å². The highest BCUT2D eigenvalue weighted by Gasteiger charge is 2.21. The zero-order valence-electron chi connectivity index (χ0n) is 16.6. The van der Waals surface area contributed by atoms with Crippen LogP contribution in [0.3, 0.4) is 0 Å². The van der Waals surface area contributed by atoms with Gasteiger partial charge in [-0.05, 0) is 19.1 Å². The Morgan fingerprint density at radius 3 is 2.71 bits per heavy atom. The van der Waals surface area contributed by atoms with Gasteiger partial charge in [-0.1, -0.05) is 32.5 Å². The smallest absolute Gasteiger partial charge is 0.225 e. The number of hydrogen-bond donors (Lipinski definition) is 1. The minimum Gasteiger partial charge on any atom is -0.351 e. The van der Waals surface area contributed by atoms with Crippen LogP contribution >= 0.6 is 23.1 Å². The maximum atomic E-state index is 12.6. The number of Topliss-reactive ketones (excluding diaryl/α,β-unsaturated/α-hetero) is 1. The predicted octanol–water partition coefficient (Wildman–Crippen LogP) is 3.37. The van der Waals surface area contributed by atoms with Crippen molar-refractivity contribution in [2.75, 3.05) is 5.75 Å². The number of nitrogens with one attached hydrogen (secondary N) is 1. The van der Waals surface area contributed by atoms with Gasteiger partial charge in [0, 0.05) is 17.3 Å². The molecule has 0 saturated heterocycles. The number of nitrogens with zero attached hydrogens (tertiary/aromatic N) is 4. The number of carbonyl (C=O) groups excluding carboxylic acids is 2. The fraction of sp³-hybridized carbons (Fsp3) is 0.421. The SMILES string of the molecule is Cc1nc(SCC(=O)c2ccc(CNC(=O)C(C)(C)C)s2)c2cnn(C)c2n1. The fourth-order valence-corrected chi connectivity index (χ4v) is 4.37. The second-order valence-electron chi connectivity index (χ2n) is 7.49. The monoisotopic (exact) mass is 417 g/mol. The molecule has 0 aliphatic heterocycles. The molecule has 0 aliphatic carbocycles. The van der Waals surface area contributed by atoms with E-state index in [1.165, 1.54) is 23.1 Å². The molecule has 28 heavy (non-hydrogen) atoms. The molecule has 3 aromatic rings. The number of amides is 1. The molecule has 3 aromatic heterocycles. The molecule has 1 N–H and O–H groups in total. The molecule has 9 heteroatoms. The minimum absolute atomic E-state index is 0.0102. The zero-order valence-corrected chi connectivity index (χ0v) is 18.2. The summed E-state index contributed by atoms with van der Waals surface area (Å²) in [4.78, 5) is 35.1. The Morgan fingerprint density at radius 1 is 1.25 bits per heavy atom. The van der Waals surface area contributed by atoms with E-state index < -0.39 is 5.41 Å². The first-order valence-corrected chi connectivity index (χ1v) is 10.6. The summed E-state index contributed by atoms with van der Waals surface area (Å²) in [6.07, 6.45) is 1.72. The van der Waals surface area contributed by atoms with E-state index in [1.54, 1.807) is 10.9 Å². The number of carbonyl (C=O) groups is 2. The van der Waals surface area contributed by atoms with Crippen LogP contribution in [0.1, 0.15) is 41.1 Å². The predicted molar refractivity (Wildman–Crippen MR) is 112 cm³/mol. The first-order valence-electron chi connectivity index (χ1n) is 8.84. The Hall–Kier alpha value is -2.26. The van der Waals surface area contributed by atoms with E-state index in [0.717, 1.165) is 20.9 Å². The summed E-state index contributed by atoms with van der Waals surface area (Å²) in [5.41, 5.74) is 0.329. The van der Waals surface area contributed by atoms with Gasteiger partial charge < -0.3 is 5.32 Å². The van der Waals surface area contributed by atoms with Gasteiger partial charge in [-0.3, -0.25) is 14.3 Å². The van der Waals surface area contributed by atoms with Gasteiger partial charge in [0.15, 0.2) is 11.4 Å². The standard InChI is InChI=1S/C19H23N5O2S2/c1-11-22-16-13(9-21-24(16)5)17(23-11)27-10-14(25)15-7-6-12(28-15)8-20-18(26)19(2,3)4/h6-7,9H,8,10H2,1-5H3,(H,20,26). The van der Waals surface area contributed by atoms with E-state index >= 15 is 0 Å². The molecule has 0 unspecified atom stereocenters. The van der Waals surface area contributed by atoms with Crippen LogP contribution in [0, 0.1) is 12.3 Å². The van der Waals surface area contributed by atoms with E-state index in [-0.39, 0.29) is 17.4 Å². The molecule has 0 aliphatic rings. The molecular weight excluding hydrogens is 394 g/mol. The highest BCUT2D eigenvalue weighted by molar-refractivity contribution is 8.00. The van der Waals surface area contributed by atoms with Crippen molar-refractivity contribution in [2.45, 2.75) is 39.3 Å². The van der Waals surface area contributed by atoms with E-state index in [0.29, 0.717) is 17.2 Å². The zero-order chi connectivity index (χ0) is 20.5. The highest BCUT2D eigenvalue weighted by atomic mass is 32.2. The molecule has 0 spiro atoms. The highest BCUT2D eigenvalue weighted by Crippen LogP contribution is 2.27. The van der Waals surface area contributed by atoms with Crippen LogP contribution < -0.4 is 5.32 Å². The van der Waals surface area contributed by atoms with E-state index in [9.17, 15) is 9.59 Å². The molecule has 3 rings (SSSR count). The quantitative estimate of drug-likeness (QED) is 0.376. The minimum atomic E-state index is -0.431. The average molecular weight is 418 g/mol. The molecule has 3 heterocycles. The Balaban J connectivity index is 1.63. The van der Waals surface area contributed by atoms with Crippen molar-refractivity contribution in [3.8, 4) is 0 Å². The summed E-state index contributed by atoms with van der Waals surface area (Å²) in [7, 11) is 1.83. The average Bonchev–Trinajstić information content (AvgIpc) is 3.24. The van der Waals surface area contributed by atoms with E-state index in [1.807, 2.05) is 46.9 Å². The van der Waals surface area contributed by atoms with Crippen molar-refractivity contribution in [1.29, 1.82) is 0 Å². The molecular formula is C19H23N5O2S2. The van der Waals surface area contributed by atoms with Gasteiger partial charge in [-0.2, -0.15) is 5.10 Å². The van der Waals surface area contributed by atoms with Crippen LogP contribution in [-0.2, 0) is 18.4 Å². The van der Waals surface area contributed by atoms with E-state index in [4.69, 9.17) is 0 Å². The third kappa shape index (κ3) is 4.59. The molecule has 0 atom stereocenters. The first kappa shape index (κ1) is 20.5. The van der Waals surface area contributed by atoms with Crippen LogP contribution in [0.5, 0.6) is 0 Å². The van der Waals surface area contributed by atoms with Gasteiger partial charge in [0.1, 0.15) is 10.9 Å². The van der Waals surface area contributed by atoms with Crippen molar-refractivity contribution in [2.24, 2.45) is 12.5 Å². The van der Waals surface area contributed by atoms with Crippen molar-refractivity contribution in [3.63, 3.8) is 0 Å². The molecule has 148 valence electrons. The molecule has 0 saturated carbocycles. The number of hydrogen-bond acceptors (Lipinski definition) is 7. The van der Waals surface area contributed by atoms with Crippen LogP contribution in [-0.4, -0.2) is 37.2 Å². The lowest BCUT2D eigenvalue weighted by molar-refractivity contribution is -0.128. The normalized spacial score (nSPS) is 11.8.